The summed E-state index contributed by atoms with van der Waals surface area (Å²) in [5, 5.41) is 20.6. The fourth-order valence-corrected chi connectivity index (χ4v) is 3.05. The predicted molar refractivity (Wildman–Crippen MR) is 91.1 cm³/mol. The molecule has 5 heteroatoms. The van der Waals surface area contributed by atoms with Crippen LogP contribution in [0.5, 0.6) is 11.5 Å². The van der Waals surface area contributed by atoms with Gasteiger partial charge in [-0.1, -0.05) is 12.1 Å². The molecule has 0 saturated carbocycles. The summed E-state index contributed by atoms with van der Waals surface area (Å²) >= 11 is 0. The second-order valence-corrected chi connectivity index (χ2v) is 6.06. The number of aromatic hydroxyl groups is 2. The van der Waals surface area contributed by atoms with Crippen molar-refractivity contribution in [2.24, 2.45) is 0 Å². The van der Waals surface area contributed by atoms with Crippen LogP contribution in [0.4, 0.5) is 0 Å². The Morgan fingerprint density at radius 3 is 2.54 bits per heavy atom. The normalized spacial score (nSPS) is 14.7. The van der Waals surface area contributed by atoms with Gasteiger partial charge >= 0.3 is 0 Å². The number of fused-ring (bicyclic) bond motifs is 1. The van der Waals surface area contributed by atoms with Crippen LogP contribution in [0.25, 0.3) is 22.3 Å². The van der Waals surface area contributed by atoms with Gasteiger partial charge in [0.2, 0.25) is 0 Å². The average molecular weight is 323 g/mol. The number of hydrogen-bond donors (Lipinski definition) is 2. The minimum Gasteiger partial charge on any atom is -0.508 e. The minimum atomic E-state index is -0.221. The monoisotopic (exact) mass is 323 g/mol. The third-order valence-corrected chi connectivity index (χ3v) is 4.48. The number of rotatable bonds is 3. The summed E-state index contributed by atoms with van der Waals surface area (Å²) in [7, 11) is 0. The van der Waals surface area contributed by atoms with E-state index in [1.54, 1.807) is 36.4 Å². The SMILES string of the molecule is O=c1cc(-c2ccccc2O)oc2ccc(O)c(CN3CCC3)c12. The predicted octanol–water partition coefficient (Wildman–Crippen LogP) is 3.08. The van der Waals surface area contributed by atoms with Crippen LogP contribution in [0.15, 0.2) is 51.7 Å². The van der Waals surface area contributed by atoms with E-state index in [2.05, 4.69) is 4.90 Å². The first-order valence-electron chi connectivity index (χ1n) is 7.93. The molecule has 1 aliphatic heterocycles. The lowest BCUT2D eigenvalue weighted by Gasteiger charge is -2.31. The van der Waals surface area contributed by atoms with E-state index in [1.165, 1.54) is 6.07 Å². The summed E-state index contributed by atoms with van der Waals surface area (Å²) in [6.07, 6.45) is 1.14. The zero-order valence-electron chi connectivity index (χ0n) is 13.0. The van der Waals surface area contributed by atoms with E-state index in [-0.39, 0.29) is 16.9 Å². The Morgan fingerprint density at radius 2 is 1.83 bits per heavy atom. The van der Waals surface area contributed by atoms with Gasteiger partial charge in [-0.3, -0.25) is 9.69 Å². The molecular weight excluding hydrogens is 306 g/mol. The van der Waals surface area contributed by atoms with Crippen LogP contribution in [0.1, 0.15) is 12.0 Å². The standard InChI is InChI=1S/C19H17NO4/c21-14-5-2-1-4-12(14)18-10-16(23)19-13(11-20-8-3-9-20)15(22)6-7-17(19)24-18/h1-2,4-7,10,21-22H,3,8-9,11H2. The first-order valence-corrected chi connectivity index (χ1v) is 7.93. The van der Waals surface area contributed by atoms with Crippen LogP contribution in [0.3, 0.4) is 0 Å². The maximum atomic E-state index is 12.7. The highest BCUT2D eigenvalue weighted by molar-refractivity contribution is 5.84. The second-order valence-electron chi connectivity index (χ2n) is 6.06. The van der Waals surface area contributed by atoms with Crippen molar-refractivity contribution < 1.29 is 14.6 Å². The third kappa shape index (κ3) is 2.43. The Labute approximate surface area is 138 Å². The van der Waals surface area contributed by atoms with Crippen LogP contribution in [0, 0.1) is 0 Å². The molecule has 1 saturated heterocycles. The van der Waals surface area contributed by atoms with Gasteiger partial charge in [-0.15, -0.1) is 0 Å². The smallest absolute Gasteiger partial charge is 0.193 e. The number of phenolic OH excluding ortho intramolecular Hbond substituents is 2. The topological polar surface area (TPSA) is 73.9 Å². The Balaban J connectivity index is 1.89. The van der Waals surface area contributed by atoms with Crippen molar-refractivity contribution >= 4 is 11.0 Å². The van der Waals surface area contributed by atoms with Crippen molar-refractivity contribution in [1.82, 2.24) is 4.90 Å². The van der Waals surface area contributed by atoms with Gasteiger partial charge < -0.3 is 14.6 Å². The molecule has 0 aliphatic carbocycles. The van der Waals surface area contributed by atoms with E-state index >= 15 is 0 Å². The molecule has 2 N–H and O–H groups in total. The van der Waals surface area contributed by atoms with Crippen molar-refractivity contribution in [1.29, 1.82) is 0 Å². The summed E-state index contributed by atoms with van der Waals surface area (Å²) in [5.74, 6) is 0.475. The van der Waals surface area contributed by atoms with E-state index in [0.717, 1.165) is 19.5 Å². The van der Waals surface area contributed by atoms with E-state index < -0.39 is 0 Å². The van der Waals surface area contributed by atoms with Gasteiger partial charge in [0.1, 0.15) is 22.8 Å². The van der Waals surface area contributed by atoms with Gasteiger partial charge in [-0.05, 0) is 43.8 Å². The Morgan fingerprint density at radius 1 is 1.04 bits per heavy atom. The number of phenols is 2. The summed E-state index contributed by atoms with van der Waals surface area (Å²) in [4.78, 5) is 14.8. The number of para-hydroxylation sites is 1. The van der Waals surface area contributed by atoms with Gasteiger partial charge in [-0.25, -0.2) is 0 Å². The van der Waals surface area contributed by atoms with Crippen LogP contribution in [-0.4, -0.2) is 28.2 Å². The van der Waals surface area contributed by atoms with Crippen molar-refractivity contribution in [2.75, 3.05) is 13.1 Å². The molecule has 122 valence electrons. The molecule has 2 heterocycles. The number of hydrogen-bond acceptors (Lipinski definition) is 5. The van der Waals surface area contributed by atoms with Gasteiger partial charge in [0.15, 0.2) is 5.43 Å². The summed E-state index contributed by atoms with van der Waals surface area (Å²) in [6, 6.07) is 11.2. The molecule has 3 aromatic rings. The van der Waals surface area contributed by atoms with Crippen LogP contribution in [0.2, 0.25) is 0 Å². The maximum absolute atomic E-state index is 12.7. The number of likely N-dealkylation sites (tertiary alicyclic amines) is 1. The zero-order chi connectivity index (χ0) is 16.7. The summed E-state index contributed by atoms with van der Waals surface area (Å²) in [5.41, 5.74) is 1.26. The molecule has 0 unspecified atom stereocenters. The Hall–Kier alpha value is -2.79. The second kappa shape index (κ2) is 5.69. The molecule has 1 aliphatic rings. The lowest BCUT2D eigenvalue weighted by atomic mass is 10.0. The first-order chi connectivity index (χ1) is 11.6. The van der Waals surface area contributed by atoms with Gasteiger partial charge in [0.05, 0.1) is 10.9 Å². The van der Waals surface area contributed by atoms with Crippen LogP contribution >= 0.6 is 0 Å². The van der Waals surface area contributed by atoms with Crippen molar-refractivity contribution in [3.05, 3.63) is 58.3 Å². The molecule has 0 bridgehead atoms. The fourth-order valence-electron chi connectivity index (χ4n) is 3.05. The van der Waals surface area contributed by atoms with Crippen molar-refractivity contribution in [3.8, 4) is 22.8 Å². The fraction of sp³-hybridized carbons (Fsp3) is 0.211. The molecule has 5 nitrogen and oxygen atoms in total. The third-order valence-electron chi connectivity index (χ3n) is 4.48. The van der Waals surface area contributed by atoms with E-state index in [4.69, 9.17) is 4.42 Å². The largest absolute Gasteiger partial charge is 0.508 e. The lowest BCUT2D eigenvalue weighted by molar-refractivity contribution is 0.171. The van der Waals surface area contributed by atoms with Crippen molar-refractivity contribution in [3.63, 3.8) is 0 Å². The quantitative estimate of drug-likeness (QED) is 0.775. The molecule has 24 heavy (non-hydrogen) atoms. The summed E-state index contributed by atoms with van der Waals surface area (Å²) in [6.45, 7) is 2.47. The zero-order valence-corrected chi connectivity index (χ0v) is 13.0. The van der Waals surface area contributed by atoms with Crippen LogP contribution < -0.4 is 5.43 Å². The molecule has 0 atom stereocenters. The highest BCUT2D eigenvalue weighted by atomic mass is 16.3. The Bertz CT molecular complexity index is 973. The van der Waals surface area contributed by atoms with Gasteiger partial charge in [0.25, 0.3) is 0 Å². The molecular formula is C19H17NO4. The molecule has 0 spiro atoms. The highest BCUT2D eigenvalue weighted by Gasteiger charge is 2.20. The lowest BCUT2D eigenvalue weighted by Crippen LogP contribution is -2.36. The van der Waals surface area contributed by atoms with E-state index in [1.807, 2.05) is 0 Å². The maximum Gasteiger partial charge on any atom is 0.193 e. The number of nitrogens with zero attached hydrogens (tertiary/aromatic N) is 1. The molecule has 4 rings (SSSR count). The molecule has 1 aromatic heterocycles. The van der Waals surface area contributed by atoms with E-state index in [0.29, 0.717) is 34.4 Å². The average Bonchev–Trinajstić information content (AvgIpc) is 2.53. The molecule has 0 radical (unpaired) electrons. The highest BCUT2D eigenvalue weighted by Crippen LogP contribution is 2.33. The summed E-state index contributed by atoms with van der Waals surface area (Å²) < 4.78 is 5.85. The molecule has 1 fully saturated rings. The number of benzene rings is 2. The van der Waals surface area contributed by atoms with Gasteiger partial charge in [0, 0.05) is 18.2 Å². The van der Waals surface area contributed by atoms with Gasteiger partial charge in [-0.2, -0.15) is 0 Å². The molecule has 0 amide bonds. The minimum absolute atomic E-state index is 0.0552. The van der Waals surface area contributed by atoms with Crippen LogP contribution in [-0.2, 0) is 6.54 Å². The first kappa shape index (κ1) is 14.8. The van der Waals surface area contributed by atoms with Crippen molar-refractivity contribution in [2.45, 2.75) is 13.0 Å². The van der Waals surface area contributed by atoms with E-state index in [9.17, 15) is 15.0 Å². The Kier molecular flexibility index (Phi) is 3.50. The molecule has 2 aromatic carbocycles.